The molecule has 1 amide bonds. The Morgan fingerprint density at radius 2 is 1.86 bits per heavy atom. The van der Waals surface area contributed by atoms with Crippen LogP contribution in [0.5, 0.6) is 0 Å². The van der Waals surface area contributed by atoms with Gasteiger partial charge in [0, 0.05) is 9.13 Å². The molecule has 2 aromatic carbocycles. The van der Waals surface area contributed by atoms with E-state index < -0.39 is 17.6 Å². The number of hydrogen-bond acceptors (Lipinski definition) is 2. The Morgan fingerprint density at radius 1 is 1.14 bits per heavy atom. The number of carbonyl (C=O) groups is 1. The zero-order chi connectivity index (χ0) is 16.2. The van der Waals surface area contributed by atoms with Crippen LogP contribution < -0.4 is 5.43 Å². The van der Waals surface area contributed by atoms with Gasteiger partial charge in [-0.3, -0.25) is 4.79 Å². The van der Waals surface area contributed by atoms with Gasteiger partial charge in [0.15, 0.2) is 0 Å². The van der Waals surface area contributed by atoms with Gasteiger partial charge in [-0.1, -0.05) is 18.2 Å². The predicted octanol–water partition coefficient (Wildman–Crippen LogP) is 4.07. The van der Waals surface area contributed by atoms with Crippen LogP contribution in [0.4, 0.5) is 13.2 Å². The Morgan fingerprint density at radius 3 is 2.55 bits per heavy atom. The first-order valence-corrected chi connectivity index (χ1v) is 7.20. The van der Waals surface area contributed by atoms with Gasteiger partial charge in [-0.2, -0.15) is 18.3 Å². The normalized spacial score (nSPS) is 11.6. The van der Waals surface area contributed by atoms with E-state index in [9.17, 15) is 18.0 Å². The highest BCUT2D eigenvalue weighted by Gasteiger charge is 2.30. The van der Waals surface area contributed by atoms with Gasteiger partial charge in [-0.15, -0.1) is 0 Å². The number of benzene rings is 2. The molecule has 0 fully saturated rings. The van der Waals surface area contributed by atoms with E-state index in [2.05, 4.69) is 33.1 Å². The molecule has 0 aliphatic heterocycles. The van der Waals surface area contributed by atoms with E-state index in [1.54, 1.807) is 6.07 Å². The fourth-order valence-electron chi connectivity index (χ4n) is 1.65. The summed E-state index contributed by atoms with van der Waals surface area (Å²) in [5, 5.41) is 3.74. The summed E-state index contributed by atoms with van der Waals surface area (Å²) in [6.45, 7) is 0. The number of nitrogens with one attached hydrogen (secondary N) is 1. The largest absolute Gasteiger partial charge is 0.416 e. The van der Waals surface area contributed by atoms with E-state index in [1.807, 2.05) is 18.2 Å². The fraction of sp³-hybridized carbons (Fsp3) is 0.0667. The molecule has 0 radical (unpaired) electrons. The molecule has 0 bridgehead atoms. The van der Waals surface area contributed by atoms with Crippen LogP contribution in [-0.2, 0) is 6.18 Å². The zero-order valence-corrected chi connectivity index (χ0v) is 13.2. The summed E-state index contributed by atoms with van der Waals surface area (Å²) in [6, 6.07) is 11.5. The number of halogens is 4. The first-order valence-electron chi connectivity index (χ1n) is 6.12. The second-order valence-corrected chi connectivity index (χ2v) is 5.58. The standard InChI is InChI=1S/C15H10F3IN2O/c16-15(17,18)12-5-2-4-11(8-12)14(22)21-20-9-10-3-1-6-13(19)7-10/h1-9H,(H,21,22). The molecule has 0 aliphatic carbocycles. The van der Waals surface area contributed by atoms with Crippen molar-refractivity contribution >= 4 is 34.7 Å². The van der Waals surface area contributed by atoms with Crippen LogP contribution in [0.15, 0.2) is 53.6 Å². The van der Waals surface area contributed by atoms with E-state index in [0.29, 0.717) is 0 Å². The molecule has 0 heterocycles. The maximum atomic E-state index is 12.6. The zero-order valence-electron chi connectivity index (χ0n) is 11.1. The third-order valence-electron chi connectivity index (χ3n) is 2.68. The summed E-state index contributed by atoms with van der Waals surface area (Å²) < 4.78 is 38.7. The molecular formula is C15H10F3IN2O. The Bertz CT molecular complexity index is 714. The molecule has 0 saturated heterocycles. The van der Waals surface area contributed by atoms with Gasteiger partial charge in [-0.05, 0) is 58.5 Å². The summed E-state index contributed by atoms with van der Waals surface area (Å²) in [5.41, 5.74) is 2.00. The number of alkyl halides is 3. The fourth-order valence-corrected chi connectivity index (χ4v) is 2.22. The lowest BCUT2D eigenvalue weighted by atomic mass is 10.1. The average molecular weight is 418 g/mol. The first-order chi connectivity index (χ1) is 10.4. The Hall–Kier alpha value is -1.90. The molecule has 2 rings (SSSR count). The number of hydrazone groups is 1. The third-order valence-corrected chi connectivity index (χ3v) is 3.35. The minimum Gasteiger partial charge on any atom is -0.267 e. The van der Waals surface area contributed by atoms with E-state index in [0.717, 1.165) is 21.3 Å². The number of rotatable bonds is 3. The molecule has 22 heavy (non-hydrogen) atoms. The van der Waals surface area contributed by atoms with Crippen molar-refractivity contribution in [3.63, 3.8) is 0 Å². The van der Waals surface area contributed by atoms with Crippen LogP contribution in [0.1, 0.15) is 21.5 Å². The van der Waals surface area contributed by atoms with Crippen molar-refractivity contribution < 1.29 is 18.0 Å². The molecule has 114 valence electrons. The SMILES string of the molecule is O=C(NN=Cc1cccc(I)c1)c1cccc(C(F)(F)F)c1. The second-order valence-electron chi connectivity index (χ2n) is 4.33. The van der Waals surface area contributed by atoms with Gasteiger partial charge >= 0.3 is 6.18 Å². The maximum Gasteiger partial charge on any atom is 0.416 e. The topological polar surface area (TPSA) is 41.5 Å². The lowest BCUT2D eigenvalue weighted by molar-refractivity contribution is -0.137. The van der Waals surface area contributed by atoms with E-state index in [1.165, 1.54) is 18.3 Å². The maximum absolute atomic E-state index is 12.6. The number of carbonyl (C=O) groups excluding carboxylic acids is 1. The van der Waals surface area contributed by atoms with Crippen LogP contribution in [-0.4, -0.2) is 12.1 Å². The van der Waals surface area contributed by atoms with Crippen molar-refractivity contribution in [3.8, 4) is 0 Å². The molecule has 3 nitrogen and oxygen atoms in total. The van der Waals surface area contributed by atoms with Crippen LogP contribution in [0.25, 0.3) is 0 Å². The molecule has 0 spiro atoms. The lowest BCUT2D eigenvalue weighted by Crippen LogP contribution is -2.18. The highest BCUT2D eigenvalue weighted by atomic mass is 127. The van der Waals surface area contributed by atoms with E-state index in [-0.39, 0.29) is 5.56 Å². The number of hydrogen-bond donors (Lipinski definition) is 1. The third kappa shape index (κ3) is 4.55. The molecule has 0 atom stereocenters. The van der Waals surface area contributed by atoms with Crippen molar-refractivity contribution in [1.82, 2.24) is 5.43 Å². The average Bonchev–Trinajstić information content (AvgIpc) is 2.46. The van der Waals surface area contributed by atoms with Gasteiger partial charge in [0.2, 0.25) is 0 Å². The second kappa shape index (κ2) is 6.91. The van der Waals surface area contributed by atoms with Crippen molar-refractivity contribution in [2.45, 2.75) is 6.18 Å². The highest BCUT2D eigenvalue weighted by Crippen LogP contribution is 2.29. The van der Waals surface area contributed by atoms with Crippen molar-refractivity contribution in [3.05, 3.63) is 68.8 Å². The van der Waals surface area contributed by atoms with E-state index >= 15 is 0 Å². The summed E-state index contributed by atoms with van der Waals surface area (Å²) in [5.74, 6) is -0.701. The molecular weight excluding hydrogens is 408 g/mol. The van der Waals surface area contributed by atoms with Crippen LogP contribution >= 0.6 is 22.6 Å². The monoisotopic (exact) mass is 418 g/mol. The number of amides is 1. The van der Waals surface area contributed by atoms with Crippen LogP contribution in [0.2, 0.25) is 0 Å². The minimum atomic E-state index is -4.49. The van der Waals surface area contributed by atoms with Crippen LogP contribution in [0.3, 0.4) is 0 Å². The van der Waals surface area contributed by atoms with Crippen molar-refractivity contribution in [2.75, 3.05) is 0 Å². The Labute approximate surface area is 138 Å². The van der Waals surface area contributed by atoms with Gasteiger partial charge in [0.05, 0.1) is 11.8 Å². The molecule has 2 aromatic rings. The molecule has 0 unspecified atom stereocenters. The smallest absolute Gasteiger partial charge is 0.267 e. The molecule has 7 heteroatoms. The first kappa shape index (κ1) is 16.5. The van der Waals surface area contributed by atoms with E-state index in [4.69, 9.17) is 0 Å². The molecule has 0 saturated carbocycles. The summed E-state index contributed by atoms with van der Waals surface area (Å²) in [6.07, 6.45) is -3.06. The summed E-state index contributed by atoms with van der Waals surface area (Å²) >= 11 is 2.14. The molecule has 1 N–H and O–H groups in total. The predicted molar refractivity (Wildman–Crippen MR) is 85.7 cm³/mol. The molecule has 0 aromatic heterocycles. The van der Waals surface area contributed by atoms with Crippen molar-refractivity contribution in [1.29, 1.82) is 0 Å². The van der Waals surface area contributed by atoms with Gasteiger partial charge in [-0.25, -0.2) is 5.43 Å². The van der Waals surface area contributed by atoms with Crippen molar-refractivity contribution in [2.24, 2.45) is 5.10 Å². The highest BCUT2D eigenvalue weighted by molar-refractivity contribution is 14.1. The minimum absolute atomic E-state index is 0.102. The molecule has 0 aliphatic rings. The Kier molecular flexibility index (Phi) is 5.17. The quantitative estimate of drug-likeness (QED) is 0.456. The van der Waals surface area contributed by atoms with Gasteiger partial charge in [0.1, 0.15) is 0 Å². The summed E-state index contributed by atoms with van der Waals surface area (Å²) in [7, 11) is 0. The van der Waals surface area contributed by atoms with Gasteiger partial charge < -0.3 is 0 Å². The number of nitrogens with zero attached hydrogens (tertiary/aromatic N) is 1. The Balaban J connectivity index is 2.07. The summed E-state index contributed by atoms with van der Waals surface area (Å²) in [4.78, 5) is 11.8. The van der Waals surface area contributed by atoms with Crippen LogP contribution in [0, 0.1) is 3.57 Å². The lowest BCUT2D eigenvalue weighted by Gasteiger charge is -2.07. The van der Waals surface area contributed by atoms with Gasteiger partial charge in [0.25, 0.3) is 5.91 Å².